The molecule has 1 aromatic heterocycles. The Bertz CT molecular complexity index is 958. The van der Waals surface area contributed by atoms with Gasteiger partial charge < -0.3 is 10.1 Å². The summed E-state index contributed by atoms with van der Waals surface area (Å²) in [5.74, 6) is -0.0359. The number of hydrogen-bond acceptors (Lipinski definition) is 5. The maximum absolute atomic E-state index is 13.6. The van der Waals surface area contributed by atoms with Gasteiger partial charge in [-0.3, -0.25) is 9.78 Å². The number of carbonyl (C=O) groups is 1. The summed E-state index contributed by atoms with van der Waals surface area (Å²) in [5.41, 5.74) is 1.73. The van der Waals surface area contributed by atoms with Gasteiger partial charge in [0, 0.05) is 25.0 Å². The molecule has 1 heterocycles. The minimum Gasteiger partial charge on any atom is -0.495 e. The summed E-state index contributed by atoms with van der Waals surface area (Å²) >= 11 is 0. The van der Waals surface area contributed by atoms with Gasteiger partial charge in [0.25, 0.3) is 0 Å². The highest BCUT2D eigenvalue weighted by Crippen LogP contribution is 2.32. The molecular formula is C22H29N3O4S. The Morgan fingerprint density at radius 2 is 1.87 bits per heavy atom. The Balaban J connectivity index is 1.85. The predicted octanol–water partition coefficient (Wildman–Crippen LogP) is 3.04. The van der Waals surface area contributed by atoms with E-state index in [0.29, 0.717) is 12.3 Å². The molecule has 1 fully saturated rings. The Morgan fingerprint density at radius 3 is 2.53 bits per heavy atom. The molecule has 0 saturated heterocycles. The van der Waals surface area contributed by atoms with E-state index in [1.807, 2.05) is 25.1 Å². The second-order valence-corrected chi connectivity index (χ2v) is 9.49. The van der Waals surface area contributed by atoms with Crippen LogP contribution in [0.15, 0.2) is 47.6 Å². The molecule has 0 bridgehead atoms. The molecule has 1 N–H and O–H groups in total. The molecule has 8 heteroatoms. The molecule has 0 unspecified atom stereocenters. The first-order valence-electron chi connectivity index (χ1n) is 10.2. The van der Waals surface area contributed by atoms with Crippen molar-refractivity contribution >= 4 is 15.9 Å². The third kappa shape index (κ3) is 5.37. The fourth-order valence-electron chi connectivity index (χ4n) is 3.79. The summed E-state index contributed by atoms with van der Waals surface area (Å²) in [5, 5.41) is 2.83. The van der Waals surface area contributed by atoms with E-state index in [9.17, 15) is 13.2 Å². The number of sulfonamides is 1. The van der Waals surface area contributed by atoms with Gasteiger partial charge in [0.05, 0.1) is 13.7 Å². The second kappa shape index (κ2) is 10.0. The molecule has 3 rings (SSSR count). The van der Waals surface area contributed by atoms with Gasteiger partial charge in [-0.15, -0.1) is 0 Å². The van der Waals surface area contributed by atoms with Crippen LogP contribution >= 0.6 is 0 Å². The predicted molar refractivity (Wildman–Crippen MR) is 115 cm³/mol. The van der Waals surface area contributed by atoms with Crippen molar-refractivity contribution in [3.8, 4) is 5.75 Å². The lowest BCUT2D eigenvalue weighted by Gasteiger charge is -2.33. The summed E-state index contributed by atoms with van der Waals surface area (Å²) in [6.45, 7) is 1.95. The van der Waals surface area contributed by atoms with E-state index < -0.39 is 10.0 Å². The van der Waals surface area contributed by atoms with E-state index in [2.05, 4.69) is 10.3 Å². The minimum atomic E-state index is -3.91. The molecule has 0 radical (unpaired) electrons. The van der Waals surface area contributed by atoms with Crippen LogP contribution in [0.4, 0.5) is 0 Å². The van der Waals surface area contributed by atoms with Crippen molar-refractivity contribution < 1.29 is 17.9 Å². The van der Waals surface area contributed by atoms with Gasteiger partial charge in [-0.1, -0.05) is 25.3 Å². The number of carbonyl (C=O) groups excluding carboxylic acids is 1. The summed E-state index contributed by atoms with van der Waals surface area (Å²) < 4.78 is 34.0. The van der Waals surface area contributed by atoms with Gasteiger partial charge in [0.15, 0.2) is 0 Å². The van der Waals surface area contributed by atoms with Gasteiger partial charge >= 0.3 is 0 Å². The molecule has 7 nitrogen and oxygen atoms in total. The monoisotopic (exact) mass is 431 g/mol. The molecule has 1 aliphatic rings. The second-order valence-electron chi connectivity index (χ2n) is 7.63. The number of benzene rings is 1. The number of pyridine rings is 1. The van der Waals surface area contributed by atoms with Crippen LogP contribution in [0, 0.1) is 6.92 Å². The summed E-state index contributed by atoms with van der Waals surface area (Å²) in [7, 11) is -2.45. The first-order chi connectivity index (χ1) is 14.4. The highest BCUT2D eigenvalue weighted by Gasteiger charge is 2.35. The Hall–Kier alpha value is -2.45. The molecule has 2 aromatic rings. The van der Waals surface area contributed by atoms with E-state index in [1.165, 1.54) is 11.4 Å². The first-order valence-corrected chi connectivity index (χ1v) is 11.7. The third-order valence-electron chi connectivity index (χ3n) is 5.43. The molecule has 0 atom stereocenters. The molecule has 0 spiro atoms. The summed E-state index contributed by atoms with van der Waals surface area (Å²) in [6, 6.07) is 8.51. The van der Waals surface area contributed by atoms with E-state index in [1.54, 1.807) is 24.5 Å². The van der Waals surface area contributed by atoms with E-state index in [4.69, 9.17) is 4.74 Å². The molecule has 1 aliphatic carbocycles. The van der Waals surface area contributed by atoms with Crippen molar-refractivity contribution in [2.75, 3.05) is 13.7 Å². The SMILES string of the molecule is COc1ccc(C)cc1S(=O)(=O)N(CC(=O)NCc1ccncc1)C1CCCCC1. The normalized spacial score (nSPS) is 15.2. The number of aryl methyl sites for hydroxylation is 1. The zero-order valence-corrected chi connectivity index (χ0v) is 18.3. The largest absolute Gasteiger partial charge is 0.495 e. The Labute approximate surface area is 178 Å². The number of hydrogen-bond donors (Lipinski definition) is 1. The van der Waals surface area contributed by atoms with Crippen LogP contribution in [-0.2, 0) is 21.4 Å². The summed E-state index contributed by atoms with van der Waals surface area (Å²) in [4.78, 5) is 16.8. The van der Waals surface area contributed by atoms with Crippen LogP contribution in [0.25, 0.3) is 0 Å². The number of nitrogens with zero attached hydrogens (tertiary/aromatic N) is 2. The van der Waals surface area contributed by atoms with Gasteiger partial charge in [-0.25, -0.2) is 8.42 Å². The van der Waals surface area contributed by atoms with Crippen molar-refractivity contribution in [1.29, 1.82) is 0 Å². The molecule has 1 saturated carbocycles. The van der Waals surface area contributed by atoms with Crippen molar-refractivity contribution in [1.82, 2.24) is 14.6 Å². The van der Waals surface area contributed by atoms with Crippen molar-refractivity contribution in [2.45, 2.75) is 56.5 Å². The first kappa shape index (κ1) is 22.2. The van der Waals surface area contributed by atoms with E-state index in [0.717, 1.165) is 43.2 Å². The van der Waals surface area contributed by atoms with E-state index >= 15 is 0 Å². The van der Waals surface area contributed by atoms with Crippen LogP contribution in [0.3, 0.4) is 0 Å². The number of amides is 1. The highest BCUT2D eigenvalue weighted by atomic mass is 32.2. The minimum absolute atomic E-state index is 0.109. The van der Waals surface area contributed by atoms with Gasteiger partial charge in [-0.2, -0.15) is 4.31 Å². The van der Waals surface area contributed by atoms with Crippen LogP contribution in [0.5, 0.6) is 5.75 Å². The van der Waals surface area contributed by atoms with Gasteiger partial charge in [0.2, 0.25) is 15.9 Å². The van der Waals surface area contributed by atoms with Crippen LogP contribution in [0.1, 0.15) is 43.2 Å². The average molecular weight is 432 g/mol. The molecule has 1 aromatic carbocycles. The number of ether oxygens (including phenoxy) is 1. The van der Waals surface area contributed by atoms with Gasteiger partial charge in [-0.05, 0) is 55.2 Å². The Kier molecular flexibility index (Phi) is 7.44. The highest BCUT2D eigenvalue weighted by molar-refractivity contribution is 7.89. The fourth-order valence-corrected chi connectivity index (χ4v) is 5.67. The maximum atomic E-state index is 13.6. The molecule has 0 aliphatic heterocycles. The molecule has 162 valence electrons. The number of rotatable bonds is 8. The zero-order valence-electron chi connectivity index (χ0n) is 17.5. The van der Waals surface area contributed by atoms with Crippen LogP contribution < -0.4 is 10.1 Å². The molecule has 30 heavy (non-hydrogen) atoms. The lowest BCUT2D eigenvalue weighted by atomic mass is 9.95. The molecular weight excluding hydrogens is 402 g/mol. The zero-order chi connectivity index (χ0) is 21.6. The van der Waals surface area contributed by atoms with Crippen molar-refractivity contribution in [3.05, 3.63) is 53.9 Å². The van der Waals surface area contributed by atoms with Crippen LogP contribution in [0.2, 0.25) is 0 Å². The van der Waals surface area contributed by atoms with E-state index in [-0.39, 0.29) is 23.4 Å². The lowest BCUT2D eigenvalue weighted by molar-refractivity contribution is -0.121. The van der Waals surface area contributed by atoms with Crippen molar-refractivity contribution in [3.63, 3.8) is 0 Å². The van der Waals surface area contributed by atoms with Crippen LogP contribution in [-0.4, -0.2) is 43.3 Å². The Morgan fingerprint density at radius 1 is 1.17 bits per heavy atom. The lowest BCUT2D eigenvalue weighted by Crippen LogP contribution is -2.47. The standard InChI is InChI=1S/C22H29N3O4S/c1-17-8-9-20(29-2)21(14-17)30(27,28)25(19-6-4-3-5-7-19)16-22(26)24-15-18-10-12-23-13-11-18/h8-14,19H,3-7,15-16H2,1-2H3,(H,24,26). The number of aromatic nitrogens is 1. The third-order valence-corrected chi connectivity index (χ3v) is 7.35. The van der Waals surface area contributed by atoms with Crippen molar-refractivity contribution in [2.24, 2.45) is 0 Å². The molecule has 1 amide bonds. The number of methoxy groups -OCH3 is 1. The number of nitrogens with one attached hydrogen (secondary N) is 1. The smallest absolute Gasteiger partial charge is 0.247 e. The van der Waals surface area contributed by atoms with Gasteiger partial charge in [0.1, 0.15) is 10.6 Å². The maximum Gasteiger partial charge on any atom is 0.247 e. The fraction of sp³-hybridized carbons (Fsp3) is 0.455. The topological polar surface area (TPSA) is 88.6 Å². The quantitative estimate of drug-likeness (QED) is 0.694. The summed E-state index contributed by atoms with van der Waals surface area (Å²) in [6.07, 6.45) is 7.83. The average Bonchev–Trinajstić information content (AvgIpc) is 2.77.